The Balaban J connectivity index is 1.37. The monoisotopic (exact) mass is 476 g/mol. The number of urea groups is 1. The van der Waals surface area contributed by atoms with Crippen molar-refractivity contribution in [2.24, 2.45) is 5.92 Å². The molecular formula is C27H33FN6O. The second-order valence-corrected chi connectivity index (χ2v) is 9.84. The van der Waals surface area contributed by atoms with E-state index in [2.05, 4.69) is 22.2 Å². The maximum absolute atomic E-state index is 13.5. The van der Waals surface area contributed by atoms with E-state index in [0.29, 0.717) is 18.4 Å². The Labute approximate surface area is 205 Å². The van der Waals surface area contributed by atoms with Crippen molar-refractivity contribution in [1.29, 1.82) is 0 Å². The minimum Gasteiger partial charge on any atom is -0.335 e. The molecule has 35 heavy (non-hydrogen) atoms. The number of nitrogens with one attached hydrogen (secondary N) is 1. The van der Waals surface area contributed by atoms with Gasteiger partial charge in [-0.2, -0.15) is 5.10 Å². The molecule has 7 nitrogen and oxygen atoms in total. The number of piperidine rings is 1. The SMILES string of the molecule is C[C@H](NC(=O)N1CCCC(c2cc(-c3ccc(F)cc3)nn2-c2ncccn2)C1)C1CCCCC1. The van der Waals surface area contributed by atoms with Crippen LogP contribution in [0.1, 0.15) is 63.5 Å². The van der Waals surface area contributed by atoms with Crippen LogP contribution in [-0.2, 0) is 0 Å². The minimum absolute atomic E-state index is 0.0218. The van der Waals surface area contributed by atoms with Gasteiger partial charge in [0.15, 0.2) is 0 Å². The normalized spacial score (nSPS) is 19.9. The van der Waals surface area contributed by atoms with E-state index in [1.807, 2.05) is 11.0 Å². The van der Waals surface area contributed by atoms with Gasteiger partial charge in [0.2, 0.25) is 0 Å². The number of benzene rings is 1. The van der Waals surface area contributed by atoms with Crippen LogP contribution in [0, 0.1) is 11.7 Å². The number of carbonyl (C=O) groups is 1. The second-order valence-electron chi connectivity index (χ2n) is 9.84. The molecule has 0 spiro atoms. The molecule has 2 fully saturated rings. The van der Waals surface area contributed by atoms with Gasteiger partial charge in [-0.1, -0.05) is 19.3 Å². The third kappa shape index (κ3) is 5.36. The van der Waals surface area contributed by atoms with Crippen molar-refractivity contribution in [1.82, 2.24) is 30.0 Å². The first kappa shape index (κ1) is 23.5. The first-order valence-corrected chi connectivity index (χ1v) is 12.8. The summed E-state index contributed by atoms with van der Waals surface area (Å²) in [6.45, 7) is 3.51. The molecule has 1 saturated heterocycles. The molecule has 0 radical (unpaired) electrons. The molecule has 2 aromatic heterocycles. The molecule has 3 aromatic rings. The molecule has 1 N–H and O–H groups in total. The zero-order chi connectivity index (χ0) is 24.2. The number of nitrogens with zero attached hydrogens (tertiary/aromatic N) is 5. The van der Waals surface area contributed by atoms with Gasteiger partial charge in [0.25, 0.3) is 5.95 Å². The van der Waals surface area contributed by atoms with Crippen LogP contribution in [0.5, 0.6) is 0 Å². The Morgan fingerprint density at radius 1 is 1.06 bits per heavy atom. The zero-order valence-electron chi connectivity index (χ0n) is 20.2. The summed E-state index contributed by atoms with van der Waals surface area (Å²) >= 11 is 0. The average Bonchev–Trinajstić information content (AvgIpc) is 3.36. The predicted molar refractivity (Wildman–Crippen MR) is 133 cm³/mol. The number of likely N-dealkylation sites (tertiary alicyclic amines) is 1. The molecule has 184 valence electrons. The number of amides is 2. The van der Waals surface area contributed by atoms with Crippen LogP contribution in [-0.4, -0.2) is 49.8 Å². The molecule has 5 rings (SSSR count). The first-order chi connectivity index (χ1) is 17.1. The van der Waals surface area contributed by atoms with Crippen LogP contribution >= 0.6 is 0 Å². The Bertz CT molecular complexity index is 1130. The van der Waals surface area contributed by atoms with Crippen molar-refractivity contribution < 1.29 is 9.18 Å². The third-order valence-corrected chi connectivity index (χ3v) is 7.45. The molecule has 1 aliphatic carbocycles. The Morgan fingerprint density at radius 2 is 1.80 bits per heavy atom. The van der Waals surface area contributed by atoms with E-state index >= 15 is 0 Å². The summed E-state index contributed by atoms with van der Waals surface area (Å²) in [5.74, 6) is 0.882. The first-order valence-electron chi connectivity index (χ1n) is 12.8. The maximum Gasteiger partial charge on any atom is 0.317 e. The summed E-state index contributed by atoms with van der Waals surface area (Å²) in [7, 11) is 0. The predicted octanol–water partition coefficient (Wildman–Crippen LogP) is 5.33. The molecule has 2 atom stereocenters. The number of hydrogen-bond donors (Lipinski definition) is 1. The van der Waals surface area contributed by atoms with Crippen molar-refractivity contribution in [3.63, 3.8) is 0 Å². The van der Waals surface area contributed by atoms with Gasteiger partial charge in [0.1, 0.15) is 5.82 Å². The Kier molecular flexibility index (Phi) is 7.06. The van der Waals surface area contributed by atoms with E-state index in [1.54, 1.807) is 35.3 Å². The van der Waals surface area contributed by atoms with Crippen LogP contribution in [0.2, 0.25) is 0 Å². The van der Waals surface area contributed by atoms with Gasteiger partial charge >= 0.3 is 6.03 Å². The van der Waals surface area contributed by atoms with Crippen LogP contribution < -0.4 is 5.32 Å². The van der Waals surface area contributed by atoms with Crippen LogP contribution in [0.3, 0.4) is 0 Å². The number of rotatable bonds is 5. The zero-order valence-corrected chi connectivity index (χ0v) is 20.2. The van der Waals surface area contributed by atoms with Crippen molar-refractivity contribution in [2.45, 2.75) is 63.8 Å². The quantitative estimate of drug-likeness (QED) is 0.540. The molecule has 1 saturated carbocycles. The minimum atomic E-state index is -0.281. The van der Waals surface area contributed by atoms with Crippen molar-refractivity contribution >= 4 is 6.03 Å². The number of halogens is 1. The number of aromatic nitrogens is 4. The van der Waals surface area contributed by atoms with Gasteiger partial charge in [-0.25, -0.2) is 23.8 Å². The second kappa shape index (κ2) is 10.5. The number of hydrogen-bond acceptors (Lipinski definition) is 4. The summed E-state index contributed by atoms with van der Waals surface area (Å²) < 4.78 is 15.3. The van der Waals surface area contributed by atoms with E-state index in [9.17, 15) is 9.18 Å². The molecule has 2 amide bonds. The summed E-state index contributed by atoms with van der Waals surface area (Å²) in [5, 5.41) is 8.06. The van der Waals surface area contributed by atoms with Crippen molar-refractivity contribution in [3.05, 3.63) is 60.3 Å². The molecule has 2 aliphatic rings. The van der Waals surface area contributed by atoms with E-state index in [0.717, 1.165) is 36.3 Å². The van der Waals surface area contributed by atoms with Gasteiger partial charge in [0.05, 0.1) is 11.4 Å². The summed E-state index contributed by atoms with van der Waals surface area (Å²) in [6, 6.07) is 10.3. The highest BCUT2D eigenvalue weighted by Crippen LogP contribution is 2.32. The lowest BCUT2D eigenvalue weighted by molar-refractivity contribution is 0.168. The molecule has 1 unspecified atom stereocenters. The third-order valence-electron chi connectivity index (χ3n) is 7.45. The lowest BCUT2D eigenvalue weighted by atomic mass is 9.84. The highest BCUT2D eigenvalue weighted by Gasteiger charge is 2.30. The Morgan fingerprint density at radius 3 is 2.54 bits per heavy atom. The van der Waals surface area contributed by atoms with E-state index in [-0.39, 0.29) is 23.8 Å². The fraction of sp³-hybridized carbons (Fsp3) is 0.481. The summed E-state index contributed by atoms with van der Waals surface area (Å²) in [4.78, 5) is 23.9. The highest BCUT2D eigenvalue weighted by atomic mass is 19.1. The fourth-order valence-electron chi connectivity index (χ4n) is 5.45. The molecule has 0 bridgehead atoms. The average molecular weight is 477 g/mol. The molecule has 3 heterocycles. The largest absolute Gasteiger partial charge is 0.335 e. The molecule has 1 aromatic carbocycles. The van der Waals surface area contributed by atoms with Crippen molar-refractivity contribution in [3.8, 4) is 17.2 Å². The van der Waals surface area contributed by atoms with E-state index in [1.165, 1.54) is 44.2 Å². The topological polar surface area (TPSA) is 75.9 Å². The standard InChI is InChI=1S/C27H33FN6O/c1-19(20-7-3-2-4-8-20)31-27(35)33-16-5-9-22(18-33)25-17-24(21-10-12-23(28)13-11-21)32-34(25)26-29-14-6-15-30-26/h6,10-15,17,19-20,22H,2-5,7-9,16,18H2,1H3,(H,31,35)/t19-,22?/m0/s1. The van der Waals surface area contributed by atoms with Crippen LogP contribution in [0.25, 0.3) is 17.2 Å². The van der Waals surface area contributed by atoms with E-state index in [4.69, 9.17) is 5.10 Å². The molecule has 1 aliphatic heterocycles. The summed E-state index contributed by atoms with van der Waals surface area (Å²) in [6.07, 6.45) is 11.5. The molecular weight excluding hydrogens is 443 g/mol. The van der Waals surface area contributed by atoms with Crippen LogP contribution in [0.15, 0.2) is 48.8 Å². The fourth-order valence-corrected chi connectivity index (χ4v) is 5.45. The lowest BCUT2D eigenvalue weighted by Crippen LogP contribution is -2.49. The van der Waals surface area contributed by atoms with Gasteiger partial charge in [-0.15, -0.1) is 0 Å². The van der Waals surface area contributed by atoms with Crippen molar-refractivity contribution in [2.75, 3.05) is 13.1 Å². The van der Waals surface area contributed by atoms with Gasteiger partial charge in [-0.05, 0) is 74.9 Å². The molecule has 8 heteroatoms. The smallest absolute Gasteiger partial charge is 0.317 e. The summed E-state index contributed by atoms with van der Waals surface area (Å²) in [5.41, 5.74) is 2.53. The van der Waals surface area contributed by atoms with Gasteiger partial charge in [0, 0.05) is 43.0 Å². The highest BCUT2D eigenvalue weighted by molar-refractivity contribution is 5.74. The van der Waals surface area contributed by atoms with Gasteiger partial charge < -0.3 is 10.2 Å². The maximum atomic E-state index is 13.5. The Hall–Kier alpha value is -3.29. The number of carbonyl (C=O) groups excluding carboxylic acids is 1. The van der Waals surface area contributed by atoms with Gasteiger partial charge in [-0.3, -0.25) is 0 Å². The van der Waals surface area contributed by atoms with E-state index < -0.39 is 0 Å². The van der Waals surface area contributed by atoms with Crippen LogP contribution in [0.4, 0.5) is 9.18 Å². The lowest BCUT2D eigenvalue weighted by Gasteiger charge is -2.35.